The van der Waals surface area contributed by atoms with Gasteiger partial charge in [0.2, 0.25) is 11.8 Å². The van der Waals surface area contributed by atoms with Crippen LogP contribution in [0.1, 0.15) is 32.3 Å². The second-order valence-corrected chi connectivity index (χ2v) is 7.72. The molecule has 0 aliphatic carbocycles. The van der Waals surface area contributed by atoms with Gasteiger partial charge in [0.1, 0.15) is 0 Å². The average molecular weight is 396 g/mol. The third kappa shape index (κ3) is 4.36. The molecule has 1 atom stereocenters. The molecule has 0 bridgehead atoms. The molecular weight excluding hydrogens is 370 g/mol. The number of benzene rings is 1. The molecule has 6 heteroatoms. The van der Waals surface area contributed by atoms with Crippen LogP contribution in [-0.2, 0) is 15.0 Å². The van der Waals surface area contributed by atoms with Crippen LogP contribution < -0.4 is 11.1 Å². The number of hydrogen-bond acceptors (Lipinski definition) is 3. The van der Waals surface area contributed by atoms with Crippen molar-refractivity contribution in [3.8, 4) is 0 Å². The predicted octanol–water partition coefficient (Wildman–Crippen LogP) is 2.04. The Balaban J connectivity index is 2.09. The summed E-state index contributed by atoms with van der Waals surface area (Å²) in [7, 11) is 0. The van der Waals surface area contributed by atoms with E-state index in [1.165, 1.54) is 0 Å². The number of piperidine rings is 1. The second kappa shape index (κ2) is 8.12. The van der Waals surface area contributed by atoms with E-state index in [1.54, 1.807) is 0 Å². The number of nitrogens with one attached hydrogen (secondary N) is 1. The van der Waals surface area contributed by atoms with Gasteiger partial charge < -0.3 is 16.0 Å². The number of amides is 2. The third-order valence-corrected chi connectivity index (χ3v) is 5.10. The van der Waals surface area contributed by atoms with Gasteiger partial charge in [0, 0.05) is 30.7 Å². The highest BCUT2D eigenvalue weighted by Crippen LogP contribution is 2.30. The molecule has 132 valence electrons. The van der Waals surface area contributed by atoms with Gasteiger partial charge in [0.15, 0.2) is 0 Å². The largest absolute Gasteiger partial charge is 0.355 e. The highest BCUT2D eigenvalue weighted by atomic mass is 79.9. The Hall–Kier alpha value is -1.40. The molecule has 1 aliphatic heterocycles. The maximum absolute atomic E-state index is 13.1. The lowest BCUT2D eigenvalue weighted by atomic mass is 9.82. The van der Waals surface area contributed by atoms with Crippen molar-refractivity contribution in [1.82, 2.24) is 10.2 Å². The number of rotatable bonds is 5. The van der Waals surface area contributed by atoms with Gasteiger partial charge in [-0.2, -0.15) is 0 Å². The fourth-order valence-corrected chi connectivity index (χ4v) is 3.51. The lowest BCUT2D eigenvalue weighted by Gasteiger charge is -2.37. The fourth-order valence-electron chi connectivity index (χ4n) is 3.11. The van der Waals surface area contributed by atoms with Gasteiger partial charge in [-0.25, -0.2) is 0 Å². The maximum Gasteiger partial charge on any atom is 0.232 e. The molecule has 5 nitrogen and oxygen atoms in total. The molecule has 1 unspecified atom stereocenters. The van der Waals surface area contributed by atoms with Gasteiger partial charge in [0.05, 0.1) is 11.3 Å². The minimum Gasteiger partial charge on any atom is -0.355 e. The lowest BCUT2D eigenvalue weighted by molar-refractivity contribution is -0.140. The van der Waals surface area contributed by atoms with Crippen LogP contribution in [0.4, 0.5) is 0 Å². The Labute approximate surface area is 152 Å². The van der Waals surface area contributed by atoms with Crippen LogP contribution in [0.3, 0.4) is 0 Å². The normalized spacial score (nSPS) is 18.3. The fraction of sp³-hybridized carbons (Fsp3) is 0.556. The molecule has 0 radical (unpaired) electrons. The SMILES string of the molecule is CC(C)(C(=O)N1CCCC(C(=O)NCCN)C1)c1cccc(Br)c1. The topological polar surface area (TPSA) is 75.4 Å². The summed E-state index contributed by atoms with van der Waals surface area (Å²) in [5, 5.41) is 2.83. The first-order valence-electron chi connectivity index (χ1n) is 8.39. The van der Waals surface area contributed by atoms with E-state index in [1.807, 2.05) is 43.0 Å². The van der Waals surface area contributed by atoms with E-state index >= 15 is 0 Å². The minimum atomic E-state index is -0.626. The number of carbonyl (C=O) groups is 2. The first-order chi connectivity index (χ1) is 11.4. The van der Waals surface area contributed by atoms with Crippen LogP contribution in [0.5, 0.6) is 0 Å². The van der Waals surface area contributed by atoms with Crippen molar-refractivity contribution in [2.24, 2.45) is 11.7 Å². The molecule has 1 fully saturated rings. The second-order valence-electron chi connectivity index (χ2n) is 6.81. The van der Waals surface area contributed by atoms with Gasteiger partial charge in [-0.15, -0.1) is 0 Å². The van der Waals surface area contributed by atoms with Crippen molar-refractivity contribution in [2.75, 3.05) is 26.2 Å². The standard InChI is InChI=1S/C18H26BrN3O2/c1-18(2,14-6-3-7-15(19)11-14)17(24)22-10-4-5-13(12-22)16(23)21-9-8-20/h3,6-7,11,13H,4-5,8-10,12,20H2,1-2H3,(H,21,23). The van der Waals surface area contributed by atoms with E-state index in [0.717, 1.165) is 22.9 Å². The van der Waals surface area contributed by atoms with E-state index in [-0.39, 0.29) is 17.7 Å². The summed E-state index contributed by atoms with van der Waals surface area (Å²) in [6.45, 7) is 5.97. The number of likely N-dealkylation sites (tertiary alicyclic amines) is 1. The quantitative estimate of drug-likeness (QED) is 0.800. The number of carbonyl (C=O) groups excluding carboxylic acids is 2. The number of nitrogens with two attached hydrogens (primary N) is 1. The Morgan fingerprint density at radius 3 is 2.83 bits per heavy atom. The highest BCUT2D eigenvalue weighted by Gasteiger charge is 2.37. The predicted molar refractivity (Wildman–Crippen MR) is 98.5 cm³/mol. The van der Waals surface area contributed by atoms with E-state index in [2.05, 4.69) is 21.2 Å². The van der Waals surface area contributed by atoms with Crippen LogP contribution in [0, 0.1) is 5.92 Å². The Morgan fingerprint density at radius 2 is 2.17 bits per heavy atom. The molecule has 0 aromatic heterocycles. The summed E-state index contributed by atoms with van der Waals surface area (Å²) < 4.78 is 0.957. The zero-order chi connectivity index (χ0) is 17.7. The van der Waals surface area contributed by atoms with Crippen LogP contribution in [0.15, 0.2) is 28.7 Å². The molecule has 1 aromatic rings. The van der Waals surface area contributed by atoms with E-state index in [4.69, 9.17) is 5.73 Å². The van der Waals surface area contributed by atoms with Gasteiger partial charge in [-0.1, -0.05) is 28.1 Å². The molecule has 2 amide bonds. The van der Waals surface area contributed by atoms with Crippen molar-refractivity contribution in [3.05, 3.63) is 34.3 Å². The van der Waals surface area contributed by atoms with Gasteiger partial charge in [-0.3, -0.25) is 9.59 Å². The molecule has 1 aromatic carbocycles. The van der Waals surface area contributed by atoms with Crippen molar-refractivity contribution in [1.29, 1.82) is 0 Å². The highest BCUT2D eigenvalue weighted by molar-refractivity contribution is 9.10. The molecule has 2 rings (SSSR count). The van der Waals surface area contributed by atoms with E-state index in [9.17, 15) is 9.59 Å². The van der Waals surface area contributed by atoms with Crippen LogP contribution in [-0.4, -0.2) is 42.9 Å². The van der Waals surface area contributed by atoms with Crippen LogP contribution >= 0.6 is 15.9 Å². The van der Waals surface area contributed by atoms with Crippen LogP contribution in [0.2, 0.25) is 0 Å². The number of halogens is 1. The first kappa shape index (κ1) is 18.9. The summed E-state index contributed by atoms with van der Waals surface area (Å²) in [6.07, 6.45) is 1.67. The summed E-state index contributed by atoms with van der Waals surface area (Å²) in [4.78, 5) is 27.1. The average Bonchev–Trinajstić information content (AvgIpc) is 2.59. The third-order valence-electron chi connectivity index (χ3n) is 4.60. The van der Waals surface area contributed by atoms with Crippen molar-refractivity contribution < 1.29 is 9.59 Å². The maximum atomic E-state index is 13.1. The molecule has 0 saturated carbocycles. The molecule has 1 heterocycles. The minimum absolute atomic E-state index is 0.00166. The van der Waals surface area contributed by atoms with Crippen molar-refractivity contribution >= 4 is 27.7 Å². The molecule has 3 N–H and O–H groups in total. The van der Waals surface area contributed by atoms with Gasteiger partial charge in [-0.05, 0) is 44.4 Å². The number of nitrogens with zero attached hydrogens (tertiary/aromatic N) is 1. The van der Waals surface area contributed by atoms with E-state index < -0.39 is 5.41 Å². The molecule has 24 heavy (non-hydrogen) atoms. The van der Waals surface area contributed by atoms with Crippen molar-refractivity contribution in [3.63, 3.8) is 0 Å². The van der Waals surface area contributed by atoms with Gasteiger partial charge in [0.25, 0.3) is 0 Å². The summed E-state index contributed by atoms with van der Waals surface area (Å²) in [5.41, 5.74) is 5.78. The molecule has 0 spiro atoms. The molecular formula is C18H26BrN3O2. The zero-order valence-electron chi connectivity index (χ0n) is 14.3. The number of hydrogen-bond donors (Lipinski definition) is 2. The lowest BCUT2D eigenvalue weighted by Crippen LogP contribution is -2.50. The first-order valence-corrected chi connectivity index (χ1v) is 9.18. The monoisotopic (exact) mass is 395 g/mol. The van der Waals surface area contributed by atoms with E-state index in [0.29, 0.717) is 26.2 Å². The smallest absolute Gasteiger partial charge is 0.232 e. The Morgan fingerprint density at radius 1 is 1.42 bits per heavy atom. The summed E-state index contributed by atoms with van der Waals surface area (Å²) in [5.74, 6) is -0.0808. The van der Waals surface area contributed by atoms with Crippen molar-refractivity contribution in [2.45, 2.75) is 32.1 Å². The molecule has 1 aliphatic rings. The summed E-state index contributed by atoms with van der Waals surface area (Å²) >= 11 is 3.46. The molecule has 1 saturated heterocycles. The summed E-state index contributed by atoms with van der Waals surface area (Å²) in [6, 6.07) is 7.84. The Bertz CT molecular complexity index is 604. The zero-order valence-corrected chi connectivity index (χ0v) is 15.9. The van der Waals surface area contributed by atoms with Crippen LogP contribution in [0.25, 0.3) is 0 Å². The van der Waals surface area contributed by atoms with Gasteiger partial charge >= 0.3 is 0 Å². The Kier molecular flexibility index (Phi) is 6.40.